The van der Waals surface area contributed by atoms with Crippen molar-refractivity contribution in [3.8, 4) is 5.75 Å². The highest BCUT2D eigenvalue weighted by molar-refractivity contribution is 5.98. The summed E-state index contributed by atoms with van der Waals surface area (Å²) >= 11 is 0. The summed E-state index contributed by atoms with van der Waals surface area (Å²) in [6.45, 7) is 12.8. The van der Waals surface area contributed by atoms with Gasteiger partial charge in [0, 0.05) is 31.9 Å². The average Bonchev–Trinajstić information content (AvgIpc) is 2.87. The summed E-state index contributed by atoms with van der Waals surface area (Å²) in [6, 6.07) is 9.76. The number of amides is 2. The summed E-state index contributed by atoms with van der Waals surface area (Å²) < 4.78 is 15.9. The number of benzene rings is 2. The number of anilines is 1. The molecule has 7 nitrogen and oxygen atoms in total. The van der Waals surface area contributed by atoms with E-state index in [1.165, 1.54) is 14.2 Å². The molecule has 0 fully saturated rings. The van der Waals surface area contributed by atoms with Gasteiger partial charge in [-0.15, -0.1) is 0 Å². The molecule has 2 rings (SSSR count). The molecule has 1 atom stereocenters. The normalized spacial score (nSPS) is 12.4. The Morgan fingerprint density at radius 2 is 1.59 bits per heavy atom. The lowest BCUT2D eigenvalue weighted by atomic mass is 9.84. The minimum absolute atomic E-state index is 0.0653. The molecule has 0 bridgehead atoms. The number of rotatable bonds is 14. The maximum Gasteiger partial charge on any atom is 0.251 e. The molecule has 0 aliphatic heterocycles. The van der Waals surface area contributed by atoms with Gasteiger partial charge >= 0.3 is 0 Å². The maximum absolute atomic E-state index is 13.5. The topological polar surface area (TPSA) is 85.9 Å². The zero-order chi connectivity index (χ0) is 29.2. The van der Waals surface area contributed by atoms with Gasteiger partial charge in [-0.05, 0) is 66.0 Å². The van der Waals surface area contributed by atoms with Gasteiger partial charge in [0.15, 0.2) is 6.29 Å². The Hall–Kier alpha value is -2.90. The fourth-order valence-electron chi connectivity index (χ4n) is 4.98. The SMILES string of the molecule is CCCCCC(CC(=O)Nc1cc(C(=O)NCC(OC)OC)ccc1C(C)(C)C)c1cc(C)c(OC)c(C)c1. The van der Waals surface area contributed by atoms with Crippen molar-refractivity contribution < 1.29 is 23.8 Å². The first kappa shape index (κ1) is 32.3. The predicted molar refractivity (Wildman–Crippen MR) is 158 cm³/mol. The van der Waals surface area contributed by atoms with Crippen LogP contribution in [-0.2, 0) is 19.7 Å². The highest BCUT2D eigenvalue weighted by Gasteiger charge is 2.23. The molecule has 1 unspecified atom stereocenters. The van der Waals surface area contributed by atoms with Crippen molar-refractivity contribution >= 4 is 17.5 Å². The van der Waals surface area contributed by atoms with E-state index in [2.05, 4.69) is 50.5 Å². The molecule has 0 heterocycles. The van der Waals surface area contributed by atoms with Crippen LogP contribution >= 0.6 is 0 Å². The van der Waals surface area contributed by atoms with E-state index in [9.17, 15) is 9.59 Å². The number of ether oxygens (including phenoxy) is 3. The van der Waals surface area contributed by atoms with E-state index in [0.29, 0.717) is 17.7 Å². The number of nitrogens with one attached hydrogen (secondary N) is 2. The van der Waals surface area contributed by atoms with Crippen molar-refractivity contribution in [2.24, 2.45) is 0 Å². The van der Waals surface area contributed by atoms with Crippen LogP contribution in [0.3, 0.4) is 0 Å². The summed E-state index contributed by atoms with van der Waals surface area (Å²) in [5, 5.41) is 5.98. The second-order valence-corrected chi connectivity index (χ2v) is 11.3. The molecule has 0 saturated heterocycles. The number of hydrogen-bond acceptors (Lipinski definition) is 5. The number of aryl methyl sites for hydroxylation is 2. The van der Waals surface area contributed by atoms with Crippen LogP contribution in [0.5, 0.6) is 5.75 Å². The predicted octanol–water partition coefficient (Wildman–Crippen LogP) is 6.65. The largest absolute Gasteiger partial charge is 0.496 e. The van der Waals surface area contributed by atoms with Gasteiger partial charge in [-0.3, -0.25) is 9.59 Å². The quantitative estimate of drug-likeness (QED) is 0.207. The van der Waals surface area contributed by atoms with E-state index < -0.39 is 6.29 Å². The van der Waals surface area contributed by atoms with E-state index in [1.807, 2.05) is 19.9 Å². The van der Waals surface area contributed by atoms with E-state index >= 15 is 0 Å². The number of hydrogen-bond donors (Lipinski definition) is 2. The fourth-order valence-corrected chi connectivity index (χ4v) is 4.98. The van der Waals surface area contributed by atoms with Gasteiger partial charge in [-0.25, -0.2) is 0 Å². The lowest BCUT2D eigenvalue weighted by Gasteiger charge is -2.25. The highest BCUT2D eigenvalue weighted by Crippen LogP contribution is 2.34. The van der Waals surface area contributed by atoms with Crippen LogP contribution in [0, 0.1) is 13.8 Å². The molecule has 7 heteroatoms. The van der Waals surface area contributed by atoms with E-state index in [-0.39, 0.29) is 29.7 Å². The van der Waals surface area contributed by atoms with E-state index in [1.54, 1.807) is 19.2 Å². The molecule has 0 aromatic heterocycles. The highest BCUT2D eigenvalue weighted by atomic mass is 16.7. The van der Waals surface area contributed by atoms with Gasteiger partial charge in [-0.1, -0.05) is 65.2 Å². The van der Waals surface area contributed by atoms with E-state index in [0.717, 1.165) is 53.7 Å². The van der Waals surface area contributed by atoms with Crippen molar-refractivity contribution in [2.75, 3.05) is 33.2 Å². The number of carbonyl (C=O) groups excluding carboxylic acids is 2. The lowest BCUT2D eigenvalue weighted by molar-refractivity contribution is -0.116. The Balaban J connectivity index is 2.32. The summed E-state index contributed by atoms with van der Waals surface area (Å²) in [5.41, 5.74) is 5.18. The van der Waals surface area contributed by atoms with Crippen molar-refractivity contribution in [2.45, 2.75) is 91.3 Å². The molecular formula is C32H48N2O5. The monoisotopic (exact) mass is 540 g/mol. The molecule has 0 saturated carbocycles. The van der Waals surface area contributed by atoms with E-state index in [4.69, 9.17) is 14.2 Å². The summed E-state index contributed by atoms with van der Waals surface area (Å²) in [4.78, 5) is 26.4. The molecular weight excluding hydrogens is 492 g/mol. The first-order valence-electron chi connectivity index (χ1n) is 13.9. The molecule has 39 heavy (non-hydrogen) atoms. The molecule has 2 N–H and O–H groups in total. The van der Waals surface area contributed by atoms with Gasteiger partial charge in [0.1, 0.15) is 5.75 Å². The zero-order valence-corrected chi connectivity index (χ0v) is 25.3. The summed E-state index contributed by atoms with van der Waals surface area (Å²) in [6.07, 6.45) is 4.07. The Morgan fingerprint density at radius 3 is 2.13 bits per heavy atom. The molecule has 0 aliphatic rings. The Labute approximate surface area is 235 Å². The van der Waals surface area contributed by atoms with Gasteiger partial charge < -0.3 is 24.8 Å². The Morgan fingerprint density at radius 1 is 0.949 bits per heavy atom. The van der Waals surface area contributed by atoms with Crippen LogP contribution < -0.4 is 15.4 Å². The Kier molecular flexibility index (Phi) is 12.5. The first-order chi connectivity index (χ1) is 18.4. The van der Waals surface area contributed by atoms with Gasteiger partial charge in [-0.2, -0.15) is 0 Å². The summed E-state index contributed by atoms with van der Waals surface area (Å²) in [5.74, 6) is 0.656. The third kappa shape index (κ3) is 9.36. The van der Waals surface area contributed by atoms with Crippen LogP contribution in [0.1, 0.15) is 98.3 Å². The molecule has 2 aromatic carbocycles. The molecule has 0 aliphatic carbocycles. The minimum atomic E-state index is -0.531. The second-order valence-electron chi connectivity index (χ2n) is 11.3. The average molecular weight is 541 g/mol. The molecule has 2 amide bonds. The van der Waals surface area contributed by atoms with Gasteiger partial charge in [0.05, 0.1) is 13.7 Å². The van der Waals surface area contributed by atoms with Crippen LogP contribution in [0.2, 0.25) is 0 Å². The Bertz CT molecular complexity index is 1080. The van der Waals surface area contributed by atoms with Crippen molar-refractivity contribution in [3.05, 3.63) is 58.1 Å². The van der Waals surface area contributed by atoms with Crippen LogP contribution in [0.25, 0.3) is 0 Å². The fraction of sp³-hybridized carbons (Fsp3) is 0.562. The summed E-state index contributed by atoms with van der Waals surface area (Å²) in [7, 11) is 4.74. The standard InChI is InChI=1S/C32H48N2O5/c1-10-11-12-13-23(25-16-21(2)30(39-9)22(3)17-25)19-28(35)34-27-18-24(14-15-26(27)32(4,5)6)31(36)33-20-29(37-7)38-8/h14-18,23,29H,10-13,19-20H2,1-9H3,(H,33,36)(H,34,35). The molecule has 0 spiro atoms. The van der Waals surface area contributed by atoms with Crippen molar-refractivity contribution in [3.63, 3.8) is 0 Å². The van der Waals surface area contributed by atoms with Crippen LogP contribution in [-0.4, -0.2) is 46.0 Å². The number of carbonyl (C=O) groups is 2. The molecule has 0 radical (unpaired) electrons. The van der Waals surface area contributed by atoms with Gasteiger partial charge in [0.2, 0.25) is 5.91 Å². The molecule has 216 valence electrons. The van der Waals surface area contributed by atoms with Crippen molar-refractivity contribution in [1.82, 2.24) is 5.32 Å². The number of unbranched alkanes of at least 4 members (excludes halogenated alkanes) is 2. The minimum Gasteiger partial charge on any atom is -0.496 e. The molecule has 2 aromatic rings. The van der Waals surface area contributed by atoms with Crippen LogP contribution in [0.4, 0.5) is 5.69 Å². The van der Waals surface area contributed by atoms with Crippen LogP contribution in [0.15, 0.2) is 30.3 Å². The second kappa shape index (κ2) is 15.0. The first-order valence-corrected chi connectivity index (χ1v) is 13.9. The third-order valence-electron chi connectivity index (χ3n) is 7.07. The third-order valence-corrected chi connectivity index (χ3v) is 7.07. The zero-order valence-electron chi connectivity index (χ0n) is 25.3. The smallest absolute Gasteiger partial charge is 0.251 e. The van der Waals surface area contributed by atoms with Gasteiger partial charge in [0.25, 0.3) is 5.91 Å². The maximum atomic E-state index is 13.5. The number of methoxy groups -OCH3 is 3. The van der Waals surface area contributed by atoms with Crippen molar-refractivity contribution in [1.29, 1.82) is 0 Å². The lowest BCUT2D eigenvalue weighted by Crippen LogP contribution is -2.34.